The van der Waals surface area contributed by atoms with Crippen molar-refractivity contribution in [2.45, 2.75) is 46.1 Å². The number of carbonyl (C=O) groups is 1. The first kappa shape index (κ1) is 16.7. The van der Waals surface area contributed by atoms with Crippen LogP contribution in [0.3, 0.4) is 0 Å². The molecule has 0 bridgehead atoms. The summed E-state index contributed by atoms with van der Waals surface area (Å²) in [6, 6.07) is 9.82. The Kier molecular flexibility index (Phi) is 7.31. The van der Waals surface area contributed by atoms with E-state index in [2.05, 4.69) is 13.8 Å². The van der Waals surface area contributed by atoms with E-state index in [0.29, 0.717) is 24.8 Å². The molecule has 0 amide bonds. The van der Waals surface area contributed by atoms with Crippen LogP contribution >= 0.6 is 0 Å². The third kappa shape index (κ3) is 5.74. The zero-order valence-corrected chi connectivity index (χ0v) is 12.8. The Bertz CT molecular complexity index is 389. The minimum Gasteiger partial charge on any atom is -0.458 e. The van der Waals surface area contributed by atoms with Crippen LogP contribution in [0.4, 0.5) is 0 Å². The molecule has 0 radical (unpaired) electrons. The monoisotopic (exact) mass is 277 g/mol. The molecule has 0 spiro atoms. The Labute approximate surface area is 122 Å². The van der Waals surface area contributed by atoms with Crippen molar-refractivity contribution in [3.05, 3.63) is 35.9 Å². The highest BCUT2D eigenvalue weighted by molar-refractivity contribution is 5.69. The summed E-state index contributed by atoms with van der Waals surface area (Å²) in [6.07, 6.45) is 2.12. The first-order valence-corrected chi connectivity index (χ1v) is 7.49. The van der Waals surface area contributed by atoms with Crippen molar-refractivity contribution in [3.63, 3.8) is 0 Å². The number of esters is 1. The van der Waals surface area contributed by atoms with E-state index in [-0.39, 0.29) is 12.1 Å². The minimum absolute atomic E-state index is 0.121. The van der Waals surface area contributed by atoms with Crippen LogP contribution in [0.15, 0.2) is 30.3 Å². The van der Waals surface area contributed by atoms with Crippen LogP contribution in [0.25, 0.3) is 0 Å². The van der Waals surface area contributed by atoms with Gasteiger partial charge in [-0.1, -0.05) is 44.2 Å². The Balaban J connectivity index is 2.39. The van der Waals surface area contributed by atoms with Gasteiger partial charge in [-0.15, -0.1) is 0 Å². The minimum atomic E-state index is -0.185. The average Bonchev–Trinajstić information content (AvgIpc) is 2.44. The van der Waals surface area contributed by atoms with Crippen molar-refractivity contribution in [1.82, 2.24) is 0 Å². The fourth-order valence-electron chi connectivity index (χ4n) is 2.38. The maximum Gasteiger partial charge on any atom is 0.306 e. The number of carbonyl (C=O) groups excluding carboxylic acids is 1. The lowest BCUT2D eigenvalue weighted by Gasteiger charge is -2.20. The van der Waals surface area contributed by atoms with Gasteiger partial charge in [0.2, 0.25) is 0 Å². The lowest BCUT2D eigenvalue weighted by Crippen LogP contribution is -2.17. The van der Waals surface area contributed by atoms with Gasteiger partial charge in [0.1, 0.15) is 6.10 Å². The highest BCUT2D eigenvalue weighted by Gasteiger charge is 2.16. The van der Waals surface area contributed by atoms with E-state index in [4.69, 9.17) is 10.5 Å². The molecule has 0 aliphatic rings. The van der Waals surface area contributed by atoms with Crippen molar-refractivity contribution < 1.29 is 9.53 Å². The number of benzene rings is 1. The Morgan fingerprint density at radius 1 is 1.15 bits per heavy atom. The Hall–Kier alpha value is -1.35. The zero-order chi connectivity index (χ0) is 15.0. The summed E-state index contributed by atoms with van der Waals surface area (Å²) >= 11 is 0. The van der Waals surface area contributed by atoms with Crippen molar-refractivity contribution in [2.75, 3.05) is 6.54 Å². The van der Waals surface area contributed by atoms with E-state index in [0.717, 1.165) is 18.4 Å². The summed E-state index contributed by atoms with van der Waals surface area (Å²) in [7, 11) is 0. The van der Waals surface area contributed by atoms with E-state index in [1.54, 1.807) is 0 Å². The van der Waals surface area contributed by atoms with Gasteiger partial charge in [0.05, 0.1) is 0 Å². The highest BCUT2D eigenvalue weighted by Crippen LogP contribution is 2.22. The lowest BCUT2D eigenvalue weighted by molar-refractivity contribution is -0.149. The molecule has 2 N–H and O–H groups in total. The van der Waals surface area contributed by atoms with Crippen molar-refractivity contribution in [2.24, 2.45) is 17.6 Å². The number of nitrogens with two attached hydrogens (primary N) is 1. The van der Waals surface area contributed by atoms with E-state index >= 15 is 0 Å². The number of rotatable bonds is 8. The van der Waals surface area contributed by atoms with Gasteiger partial charge in [0.15, 0.2) is 0 Å². The van der Waals surface area contributed by atoms with Crippen LogP contribution in [-0.4, -0.2) is 12.5 Å². The zero-order valence-electron chi connectivity index (χ0n) is 12.8. The molecule has 0 fully saturated rings. The van der Waals surface area contributed by atoms with E-state index in [1.807, 2.05) is 37.3 Å². The molecular weight excluding hydrogens is 250 g/mol. The van der Waals surface area contributed by atoms with Gasteiger partial charge >= 0.3 is 5.97 Å². The summed E-state index contributed by atoms with van der Waals surface area (Å²) in [5, 5.41) is 0. The third-order valence-electron chi connectivity index (χ3n) is 3.78. The smallest absolute Gasteiger partial charge is 0.306 e. The van der Waals surface area contributed by atoms with Crippen LogP contribution in [-0.2, 0) is 9.53 Å². The topological polar surface area (TPSA) is 52.3 Å². The molecule has 0 aliphatic heterocycles. The van der Waals surface area contributed by atoms with Crippen LogP contribution in [0, 0.1) is 11.8 Å². The molecule has 3 heteroatoms. The Morgan fingerprint density at radius 3 is 2.35 bits per heavy atom. The maximum absolute atomic E-state index is 11.9. The molecule has 2 atom stereocenters. The number of ether oxygens (including phenoxy) is 1. The first-order valence-electron chi connectivity index (χ1n) is 7.49. The largest absolute Gasteiger partial charge is 0.458 e. The van der Waals surface area contributed by atoms with Gasteiger partial charge in [-0.3, -0.25) is 4.79 Å². The van der Waals surface area contributed by atoms with Crippen LogP contribution in [0.2, 0.25) is 0 Å². The summed E-state index contributed by atoms with van der Waals surface area (Å²) in [5.41, 5.74) is 6.64. The van der Waals surface area contributed by atoms with Gasteiger partial charge in [-0.25, -0.2) is 0 Å². The normalized spacial score (nSPS) is 14.1. The predicted molar refractivity (Wildman–Crippen MR) is 82.2 cm³/mol. The summed E-state index contributed by atoms with van der Waals surface area (Å²) in [5.74, 6) is 0.932. The van der Waals surface area contributed by atoms with Crippen LogP contribution in [0.5, 0.6) is 0 Å². The molecule has 0 aliphatic carbocycles. The molecule has 1 rings (SSSR count). The molecule has 2 unspecified atom stereocenters. The quantitative estimate of drug-likeness (QED) is 0.737. The van der Waals surface area contributed by atoms with Crippen molar-refractivity contribution in [1.29, 1.82) is 0 Å². The van der Waals surface area contributed by atoms with Crippen LogP contribution < -0.4 is 5.73 Å². The number of hydrogen-bond acceptors (Lipinski definition) is 3. The number of hydrogen-bond donors (Lipinski definition) is 1. The SMILES string of the molecule is CC(OC(=O)CCC(CCN)C(C)C)c1ccccc1. The second-order valence-corrected chi connectivity index (χ2v) is 5.66. The van der Waals surface area contributed by atoms with Gasteiger partial charge in [-0.2, -0.15) is 0 Å². The molecule has 1 aromatic carbocycles. The van der Waals surface area contributed by atoms with Crippen molar-refractivity contribution in [3.8, 4) is 0 Å². The van der Waals surface area contributed by atoms with Gasteiger partial charge < -0.3 is 10.5 Å². The summed E-state index contributed by atoms with van der Waals surface area (Å²) < 4.78 is 5.47. The Morgan fingerprint density at radius 2 is 1.80 bits per heavy atom. The molecule has 20 heavy (non-hydrogen) atoms. The van der Waals surface area contributed by atoms with Gasteiger partial charge in [-0.05, 0) is 43.7 Å². The fraction of sp³-hybridized carbons (Fsp3) is 0.588. The second-order valence-electron chi connectivity index (χ2n) is 5.66. The maximum atomic E-state index is 11.9. The van der Waals surface area contributed by atoms with Crippen LogP contribution in [0.1, 0.15) is 51.7 Å². The summed E-state index contributed by atoms with van der Waals surface area (Å²) in [4.78, 5) is 11.9. The average molecular weight is 277 g/mol. The van der Waals surface area contributed by atoms with Gasteiger partial charge in [0, 0.05) is 6.42 Å². The molecule has 0 saturated heterocycles. The molecule has 0 aromatic heterocycles. The molecule has 0 saturated carbocycles. The molecule has 0 heterocycles. The van der Waals surface area contributed by atoms with E-state index in [9.17, 15) is 4.79 Å². The van der Waals surface area contributed by atoms with Gasteiger partial charge in [0.25, 0.3) is 0 Å². The molecule has 112 valence electrons. The molecule has 3 nitrogen and oxygen atoms in total. The first-order chi connectivity index (χ1) is 9.54. The predicted octanol–water partition coefficient (Wildman–Crippen LogP) is 3.69. The van der Waals surface area contributed by atoms with E-state index in [1.165, 1.54) is 0 Å². The van der Waals surface area contributed by atoms with E-state index < -0.39 is 0 Å². The third-order valence-corrected chi connectivity index (χ3v) is 3.78. The second kappa shape index (κ2) is 8.75. The molecule has 1 aromatic rings. The highest BCUT2D eigenvalue weighted by atomic mass is 16.5. The molecular formula is C17H27NO2. The summed E-state index contributed by atoms with van der Waals surface area (Å²) in [6.45, 7) is 6.95. The fourth-order valence-corrected chi connectivity index (χ4v) is 2.38. The standard InChI is InChI=1S/C17H27NO2/c1-13(2)15(11-12-18)9-10-17(19)20-14(3)16-7-5-4-6-8-16/h4-8,13-15H,9-12,18H2,1-3H3. The van der Waals surface area contributed by atoms with Crippen molar-refractivity contribution >= 4 is 5.97 Å². The lowest BCUT2D eigenvalue weighted by atomic mass is 9.88.